The molecule has 0 radical (unpaired) electrons. The topological polar surface area (TPSA) is 25.2 Å². The smallest absolute Gasteiger partial charge is 0.113 e. The molecule has 1 aromatic heterocycles. The zero-order chi connectivity index (χ0) is 10.2. The van der Waals surface area contributed by atoms with E-state index in [1.54, 1.807) is 6.26 Å². The van der Waals surface area contributed by atoms with Crippen LogP contribution in [0.25, 0.3) is 0 Å². The second-order valence-corrected chi connectivity index (χ2v) is 4.29. The molecule has 1 N–H and O–H groups in total. The van der Waals surface area contributed by atoms with Crippen molar-refractivity contribution in [3.05, 3.63) is 24.2 Å². The molecule has 0 fully saturated rings. The predicted molar refractivity (Wildman–Crippen MR) is 62.6 cm³/mol. The van der Waals surface area contributed by atoms with E-state index in [0.29, 0.717) is 6.04 Å². The lowest BCUT2D eigenvalue weighted by Gasteiger charge is -2.14. The lowest BCUT2D eigenvalue weighted by molar-refractivity contribution is 0.529. The van der Waals surface area contributed by atoms with Crippen LogP contribution < -0.4 is 5.32 Å². The summed E-state index contributed by atoms with van der Waals surface area (Å²) in [6.07, 6.45) is 2.93. The van der Waals surface area contributed by atoms with Gasteiger partial charge < -0.3 is 9.73 Å². The minimum absolute atomic E-state index is 0.639. The highest BCUT2D eigenvalue weighted by Crippen LogP contribution is 2.14. The minimum atomic E-state index is 0.639. The molecule has 0 aliphatic rings. The van der Waals surface area contributed by atoms with Crippen LogP contribution in [0.2, 0.25) is 0 Å². The van der Waals surface area contributed by atoms with Gasteiger partial charge in [0, 0.05) is 11.8 Å². The van der Waals surface area contributed by atoms with Gasteiger partial charge in [-0.15, -0.1) is 0 Å². The van der Waals surface area contributed by atoms with Crippen LogP contribution >= 0.6 is 11.8 Å². The number of hydrogen-bond acceptors (Lipinski definition) is 3. The van der Waals surface area contributed by atoms with E-state index >= 15 is 0 Å². The van der Waals surface area contributed by atoms with E-state index in [-0.39, 0.29) is 0 Å². The quantitative estimate of drug-likeness (QED) is 0.754. The molecule has 2 nitrogen and oxygen atoms in total. The van der Waals surface area contributed by atoms with Gasteiger partial charge in [-0.05, 0) is 25.1 Å². The zero-order valence-corrected chi connectivity index (χ0v) is 9.77. The molecule has 0 spiro atoms. The fourth-order valence-corrected chi connectivity index (χ4v) is 2.43. The Morgan fingerprint density at radius 2 is 2.36 bits per heavy atom. The van der Waals surface area contributed by atoms with E-state index in [0.717, 1.165) is 23.8 Å². The normalized spacial score (nSPS) is 13.0. The summed E-state index contributed by atoms with van der Waals surface area (Å²) in [4.78, 5) is 0. The Labute approximate surface area is 90.5 Å². The van der Waals surface area contributed by atoms with Crippen molar-refractivity contribution in [1.29, 1.82) is 0 Å². The summed E-state index contributed by atoms with van der Waals surface area (Å²) in [6.45, 7) is 5.43. The average molecular weight is 213 g/mol. The molecule has 0 aromatic carbocycles. The Morgan fingerprint density at radius 3 is 2.93 bits per heavy atom. The van der Waals surface area contributed by atoms with Crippen LogP contribution in [0, 0.1) is 0 Å². The summed E-state index contributed by atoms with van der Waals surface area (Å²) >= 11 is 1.93. The molecular weight excluding hydrogens is 194 g/mol. The van der Waals surface area contributed by atoms with Gasteiger partial charge in [-0.3, -0.25) is 0 Å². The number of furan rings is 1. The van der Waals surface area contributed by atoms with Crippen LogP contribution in [0.1, 0.15) is 26.0 Å². The molecule has 0 saturated heterocycles. The zero-order valence-electron chi connectivity index (χ0n) is 8.95. The summed E-state index contributed by atoms with van der Waals surface area (Å²) in [5.41, 5.74) is 0. The van der Waals surface area contributed by atoms with E-state index < -0.39 is 0 Å². The number of nitrogens with one attached hydrogen (secondary N) is 1. The highest BCUT2D eigenvalue weighted by Gasteiger charge is 2.04. The second-order valence-electron chi connectivity index (χ2n) is 3.26. The minimum Gasteiger partial charge on any atom is -0.468 e. The van der Waals surface area contributed by atoms with Gasteiger partial charge in [0.15, 0.2) is 0 Å². The number of hydrogen-bond donors (Lipinski definition) is 1. The van der Waals surface area contributed by atoms with Crippen LogP contribution in [-0.2, 0) is 5.75 Å². The molecule has 0 aliphatic carbocycles. The third-order valence-corrected chi connectivity index (χ3v) is 3.26. The van der Waals surface area contributed by atoms with E-state index in [1.165, 1.54) is 6.42 Å². The molecule has 0 bridgehead atoms. The first kappa shape index (κ1) is 11.7. The Morgan fingerprint density at radius 1 is 1.50 bits per heavy atom. The van der Waals surface area contributed by atoms with Crippen molar-refractivity contribution in [3.8, 4) is 0 Å². The van der Waals surface area contributed by atoms with E-state index in [2.05, 4.69) is 19.2 Å². The van der Waals surface area contributed by atoms with Gasteiger partial charge in [0.05, 0.1) is 12.0 Å². The fraction of sp³-hybridized carbons (Fsp3) is 0.636. The third kappa shape index (κ3) is 4.20. The summed E-state index contributed by atoms with van der Waals surface area (Å²) in [6, 6.07) is 4.61. The standard InChI is InChI=1S/C11H19NOS/c1-3-10(12-4-2)8-14-9-11-6-5-7-13-11/h5-7,10,12H,3-4,8-9H2,1-2H3. The molecule has 1 heterocycles. The van der Waals surface area contributed by atoms with Crippen LogP contribution in [0.3, 0.4) is 0 Å². The first-order valence-corrected chi connectivity index (χ1v) is 6.35. The molecule has 0 saturated carbocycles. The van der Waals surface area contributed by atoms with Crippen LogP contribution in [0.5, 0.6) is 0 Å². The fourth-order valence-electron chi connectivity index (χ4n) is 1.31. The summed E-state index contributed by atoms with van der Waals surface area (Å²) in [7, 11) is 0. The maximum Gasteiger partial charge on any atom is 0.113 e. The molecule has 1 aromatic rings. The molecular formula is C11H19NOS. The van der Waals surface area contributed by atoms with Crippen LogP contribution in [0.15, 0.2) is 22.8 Å². The first-order chi connectivity index (χ1) is 6.86. The van der Waals surface area contributed by atoms with Crippen molar-refractivity contribution in [3.63, 3.8) is 0 Å². The van der Waals surface area contributed by atoms with Crippen LogP contribution in [0.4, 0.5) is 0 Å². The van der Waals surface area contributed by atoms with Gasteiger partial charge >= 0.3 is 0 Å². The van der Waals surface area contributed by atoms with E-state index in [4.69, 9.17) is 4.42 Å². The van der Waals surface area contributed by atoms with Crippen molar-refractivity contribution >= 4 is 11.8 Å². The molecule has 3 heteroatoms. The Balaban J connectivity index is 2.13. The Hall–Kier alpha value is -0.410. The Bertz CT molecular complexity index is 223. The van der Waals surface area contributed by atoms with Gasteiger partial charge in [0.2, 0.25) is 0 Å². The van der Waals surface area contributed by atoms with Gasteiger partial charge in [-0.2, -0.15) is 11.8 Å². The second kappa shape index (κ2) is 6.96. The highest BCUT2D eigenvalue weighted by atomic mass is 32.2. The van der Waals surface area contributed by atoms with Crippen molar-refractivity contribution in [2.75, 3.05) is 12.3 Å². The lowest BCUT2D eigenvalue weighted by Crippen LogP contribution is -2.30. The SMILES string of the molecule is CCNC(CC)CSCc1ccco1. The first-order valence-electron chi connectivity index (χ1n) is 5.20. The monoisotopic (exact) mass is 213 g/mol. The van der Waals surface area contributed by atoms with Gasteiger partial charge in [0.25, 0.3) is 0 Å². The summed E-state index contributed by atoms with van der Waals surface area (Å²) < 4.78 is 5.27. The summed E-state index contributed by atoms with van der Waals surface area (Å²) in [5.74, 6) is 3.21. The van der Waals surface area contributed by atoms with Crippen molar-refractivity contribution < 1.29 is 4.42 Å². The lowest BCUT2D eigenvalue weighted by atomic mass is 10.2. The molecule has 0 amide bonds. The van der Waals surface area contributed by atoms with Crippen molar-refractivity contribution in [2.24, 2.45) is 0 Å². The molecule has 1 unspecified atom stereocenters. The summed E-state index contributed by atoms with van der Waals surface area (Å²) in [5, 5.41) is 3.46. The molecule has 14 heavy (non-hydrogen) atoms. The van der Waals surface area contributed by atoms with Crippen LogP contribution in [-0.4, -0.2) is 18.3 Å². The van der Waals surface area contributed by atoms with Crippen molar-refractivity contribution in [1.82, 2.24) is 5.32 Å². The van der Waals surface area contributed by atoms with E-state index in [1.807, 2.05) is 23.9 Å². The van der Waals surface area contributed by atoms with E-state index in [9.17, 15) is 0 Å². The maximum atomic E-state index is 5.27. The molecule has 0 aliphatic heterocycles. The predicted octanol–water partition coefficient (Wildman–Crippen LogP) is 2.90. The third-order valence-electron chi connectivity index (χ3n) is 2.13. The number of thioether (sulfide) groups is 1. The van der Waals surface area contributed by atoms with Crippen molar-refractivity contribution in [2.45, 2.75) is 32.1 Å². The molecule has 1 atom stereocenters. The Kier molecular flexibility index (Phi) is 5.80. The largest absolute Gasteiger partial charge is 0.468 e. The maximum absolute atomic E-state index is 5.27. The van der Waals surface area contributed by atoms with Gasteiger partial charge in [-0.25, -0.2) is 0 Å². The highest BCUT2D eigenvalue weighted by molar-refractivity contribution is 7.98. The van der Waals surface area contributed by atoms with Gasteiger partial charge in [0.1, 0.15) is 5.76 Å². The molecule has 80 valence electrons. The number of rotatable bonds is 7. The van der Waals surface area contributed by atoms with Gasteiger partial charge in [-0.1, -0.05) is 13.8 Å². The molecule has 1 rings (SSSR count). The average Bonchev–Trinajstić information content (AvgIpc) is 2.69.